The highest BCUT2D eigenvalue weighted by molar-refractivity contribution is 7.71. The Balaban J connectivity index is 1.49. The van der Waals surface area contributed by atoms with E-state index >= 15 is 0 Å². The number of ether oxygens (including phenoxy) is 1. The van der Waals surface area contributed by atoms with Crippen LogP contribution in [-0.2, 0) is 11.3 Å². The molecule has 10 heteroatoms. The van der Waals surface area contributed by atoms with Crippen molar-refractivity contribution in [2.45, 2.75) is 13.0 Å². The van der Waals surface area contributed by atoms with E-state index in [9.17, 15) is 9.59 Å². The molecule has 3 aromatic rings. The number of benzene rings is 1. The lowest BCUT2D eigenvalue weighted by Gasteiger charge is -2.35. The van der Waals surface area contributed by atoms with E-state index in [1.54, 1.807) is 31.5 Å². The second kappa shape index (κ2) is 9.81. The van der Waals surface area contributed by atoms with Gasteiger partial charge in [-0.1, -0.05) is 11.6 Å². The molecule has 0 aliphatic carbocycles. The molecular weight excluding hydrogens is 450 g/mol. The Morgan fingerprint density at radius 3 is 2.69 bits per heavy atom. The summed E-state index contributed by atoms with van der Waals surface area (Å²) >= 11 is 11.3. The smallest absolute Gasteiger partial charge is 0.262 e. The van der Waals surface area contributed by atoms with Gasteiger partial charge in [-0.2, -0.15) is 0 Å². The van der Waals surface area contributed by atoms with Gasteiger partial charge in [0.2, 0.25) is 0 Å². The van der Waals surface area contributed by atoms with E-state index in [-0.39, 0.29) is 11.5 Å². The van der Waals surface area contributed by atoms with E-state index in [4.69, 9.17) is 28.6 Å². The zero-order chi connectivity index (χ0) is 22.7. The van der Waals surface area contributed by atoms with Crippen molar-refractivity contribution in [3.05, 3.63) is 62.2 Å². The van der Waals surface area contributed by atoms with Crippen molar-refractivity contribution < 1.29 is 9.53 Å². The molecule has 1 fully saturated rings. The van der Waals surface area contributed by atoms with Crippen molar-refractivity contribution in [1.29, 1.82) is 0 Å². The number of hydrogen-bond acceptors (Lipinski definition) is 6. The van der Waals surface area contributed by atoms with Crippen LogP contribution in [0.25, 0.3) is 10.9 Å². The van der Waals surface area contributed by atoms with Crippen LogP contribution in [0.2, 0.25) is 5.02 Å². The van der Waals surface area contributed by atoms with Gasteiger partial charge < -0.3 is 19.5 Å². The van der Waals surface area contributed by atoms with Crippen LogP contribution in [0.5, 0.6) is 0 Å². The van der Waals surface area contributed by atoms with Gasteiger partial charge in [0, 0.05) is 58.2 Å². The summed E-state index contributed by atoms with van der Waals surface area (Å²) in [5.74, 6) is 0.778. The number of H-pyrrole nitrogens is 1. The number of carbonyl (C=O) groups is 1. The average molecular weight is 474 g/mol. The molecule has 0 radical (unpaired) electrons. The summed E-state index contributed by atoms with van der Waals surface area (Å²) in [7, 11) is 1.62. The molecule has 3 heterocycles. The van der Waals surface area contributed by atoms with Crippen molar-refractivity contribution in [1.82, 2.24) is 19.4 Å². The number of nitrogens with zero attached hydrogens (tertiary/aromatic N) is 4. The maximum Gasteiger partial charge on any atom is 0.262 e. The van der Waals surface area contributed by atoms with E-state index in [1.165, 1.54) is 4.57 Å². The Bertz CT molecular complexity index is 1230. The fourth-order valence-corrected chi connectivity index (χ4v) is 4.23. The third-order valence-electron chi connectivity index (χ3n) is 5.56. The first-order valence-corrected chi connectivity index (χ1v) is 11.2. The maximum atomic E-state index is 13.1. The molecule has 32 heavy (non-hydrogen) atoms. The molecule has 0 unspecified atom stereocenters. The molecule has 1 aromatic carbocycles. The van der Waals surface area contributed by atoms with Gasteiger partial charge in [0.15, 0.2) is 4.77 Å². The Morgan fingerprint density at radius 1 is 1.22 bits per heavy atom. The van der Waals surface area contributed by atoms with Crippen LogP contribution in [0.3, 0.4) is 0 Å². The van der Waals surface area contributed by atoms with Crippen LogP contribution in [0.15, 0.2) is 41.3 Å². The topological polar surface area (TPSA) is 83.5 Å². The van der Waals surface area contributed by atoms with Crippen LogP contribution in [0.4, 0.5) is 5.82 Å². The molecule has 168 valence electrons. The number of carbonyl (C=O) groups excluding carboxylic acids is 1. The lowest BCUT2D eigenvalue weighted by molar-refractivity contribution is 0.0746. The van der Waals surface area contributed by atoms with Gasteiger partial charge in [0.1, 0.15) is 5.82 Å². The maximum absolute atomic E-state index is 13.1. The zero-order valence-corrected chi connectivity index (χ0v) is 19.3. The number of pyridine rings is 1. The SMILES string of the molecule is COCCCn1c(=S)[nH]c2cc(C(=O)N3CCN(c4ccc(Cl)cn4)CC3)ccc2c1=O. The minimum atomic E-state index is -0.164. The average Bonchev–Trinajstić information content (AvgIpc) is 2.81. The number of fused-ring (bicyclic) bond motifs is 1. The van der Waals surface area contributed by atoms with Gasteiger partial charge in [0.25, 0.3) is 11.5 Å². The molecule has 1 aliphatic rings. The molecule has 8 nitrogen and oxygen atoms in total. The van der Waals surface area contributed by atoms with E-state index in [0.29, 0.717) is 72.0 Å². The molecule has 0 spiro atoms. The lowest BCUT2D eigenvalue weighted by Crippen LogP contribution is -2.49. The number of hydrogen-bond donors (Lipinski definition) is 1. The largest absolute Gasteiger partial charge is 0.385 e. The standard InChI is InChI=1S/C22H24ClN5O3S/c1-31-12-2-7-28-21(30)17-5-3-15(13-18(17)25-22(28)32)20(29)27-10-8-26(9-11-27)19-6-4-16(23)14-24-19/h3-6,13-14H,2,7-12H2,1H3,(H,25,32). The highest BCUT2D eigenvalue weighted by Crippen LogP contribution is 2.18. The minimum absolute atomic E-state index is 0.0702. The predicted octanol–water partition coefficient (Wildman–Crippen LogP) is 3.11. The molecular formula is C22H24ClN5O3S. The summed E-state index contributed by atoms with van der Waals surface area (Å²) < 4.78 is 6.92. The van der Waals surface area contributed by atoms with Gasteiger partial charge in [-0.3, -0.25) is 14.2 Å². The van der Waals surface area contributed by atoms with E-state index in [0.717, 1.165) is 5.82 Å². The quantitative estimate of drug-likeness (QED) is 0.437. The number of halogens is 1. The Hall–Kier alpha value is -2.75. The predicted molar refractivity (Wildman–Crippen MR) is 127 cm³/mol. The summed E-state index contributed by atoms with van der Waals surface area (Å²) in [6, 6.07) is 8.80. The van der Waals surface area contributed by atoms with Crippen LogP contribution in [-0.4, -0.2) is 65.2 Å². The molecule has 1 amide bonds. The summed E-state index contributed by atoms with van der Waals surface area (Å²) in [6.45, 7) is 3.56. The normalized spacial score (nSPS) is 14.2. The van der Waals surface area contributed by atoms with Crippen LogP contribution in [0.1, 0.15) is 16.8 Å². The molecule has 1 N–H and O–H groups in total. The van der Waals surface area contributed by atoms with E-state index in [1.807, 2.05) is 17.0 Å². The monoisotopic (exact) mass is 473 g/mol. The zero-order valence-electron chi connectivity index (χ0n) is 17.7. The number of piperazine rings is 1. The Morgan fingerprint density at radius 2 is 2.00 bits per heavy atom. The van der Waals surface area contributed by atoms with Crippen LogP contribution < -0.4 is 10.5 Å². The van der Waals surface area contributed by atoms with Gasteiger partial charge in [-0.15, -0.1) is 0 Å². The first-order chi connectivity index (χ1) is 15.5. The number of aromatic amines is 1. The van der Waals surface area contributed by atoms with Crippen molar-refractivity contribution in [3.8, 4) is 0 Å². The summed E-state index contributed by atoms with van der Waals surface area (Å²) in [5, 5.41) is 1.10. The van der Waals surface area contributed by atoms with Crippen molar-refractivity contribution >= 4 is 46.4 Å². The fourth-order valence-electron chi connectivity index (χ4n) is 3.83. The molecule has 4 rings (SSSR count). The number of rotatable bonds is 6. The number of nitrogens with one attached hydrogen (secondary N) is 1. The molecule has 1 saturated heterocycles. The third-order valence-corrected chi connectivity index (χ3v) is 6.11. The van der Waals surface area contributed by atoms with Gasteiger partial charge in [-0.25, -0.2) is 4.98 Å². The number of amides is 1. The highest BCUT2D eigenvalue weighted by Gasteiger charge is 2.23. The summed E-state index contributed by atoms with van der Waals surface area (Å²) in [6.07, 6.45) is 2.31. The van der Waals surface area contributed by atoms with Gasteiger partial charge in [-0.05, 0) is 49.0 Å². The second-order valence-corrected chi connectivity index (χ2v) is 8.43. The molecule has 0 saturated carbocycles. The third kappa shape index (κ3) is 4.69. The number of anilines is 1. The molecule has 0 bridgehead atoms. The van der Waals surface area contributed by atoms with E-state index in [2.05, 4.69) is 14.9 Å². The lowest BCUT2D eigenvalue weighted by atomic mass is 10.1. The molecule has 0 atom stereocenters. The molecule has 2 aromatic heterocycles. The van der Waals surface area contributed by atoms with E-state index < -0.39 is 0 Å². The highest BCUT2D eigenvalue weighted by atomic mass is 35.5. The van der Waals surface area contributed by atoms with Crippen molar-refractivity contribution in [2.75, 3.05) is 44.8 Å². The summed E-state index contributed by atoms with van der Waals surface area (Å²) in [4.78, 5) is 37.3. The van der Waals surface area contributed by atoms with Crippen molar-refractivity contribution in [3.63, 3.8) is 0 Å². The Kier molecular flexibility index (Phi) is 6.88. The minimum Gasteiger partial charge on any atom is -0.385 e. The van der Waals surface area contributed by atoms with Crippen LogP contribution in [0, 0.1) is 4.77 Å². The molecule has 1 aliphatic heterocycles. The first-order valence-electron chi connectivity index (χ1n) is 10.4. The number of aromatic nitrogens is 3. The Labute approximate surface area is 195 Å². The van der Waals surface area contributed by atoms with Gasteiger partial charge in [0.05, 0.1) is 15.9 Å². The summed E-state index contributed by atoms with van der Waals surface area (Å²) in [5.41, 5.74) is 0.929. The van der Waals surface area contributed by atoms with Gasteiger partial charge >= 0.3 is 0 Å². The van der Waals surface area contributed by atoms with Crippen LogP contribution >= 0.6 is 23.8 Å². The number of methoxy groups -OCH3 is 1. The fraction of sp³-hybridized carbons (Fsp3) is 0.364. The second-order valence-electron chi connectivity index (χ2n) is 7.61. The van der Waals surface area contributed by atoms with Crippen molar-refractivity contribution in [2.24, 2.45) is 0 Å². The first kappa shape index (κ1) is 22.4.